The number of hydrogen-bond acceptors (Lipinski definition) is 2. The largest absolute Gasteiger partial charge is 0.488 e. The summed E-state index contributed by atoms with van der Waals surface area (Å²) in [6.07, 6.45) is 1.78. The normalized spacial score (nSPS) is 11.9. The van der Waals surface area contributed by atoms with Crippen LogP contribution in [0.4, 0.5) is 4.39 Å². The Labute approximate surface area is 109 Å². The second kappa shape index (κ2) is 6.19. The van der Waals surface area contributed by atoms with Crippen LogP contribution in [-0.2, 0) is 6.42 Å². The molecular formula is C15H24FNO. The molecule has 0 radical (unpaired) electrons. The number of benzene rings is 1. The zero-order chi connectivity index (χ0) is 13.8. The molecule has 18 heavy (non-hydrogen) atoms. The highest BCUT2D eigenvalue weighted by Gasteiger charge is 2.15. The van der Waals surface area contributed by atoms with Gasteiger partial charge in [0.25, 0.3) is 0 Å². The minimum atomic E-state index is -0.285. The minimum Gasteiger partial charge on any atom is -0.488 e. The van der Waals surface area contributed by atoms with Crippen LogP contribution in [0, 0.1) is 11.2 Å². The van der Waals surface area contributed by atoms with E-state index in [1.165, 1.54) is 0 Å². The zero-order valence-electron chi connectivity index (χ0n) is 11.8. The van der Waals surface area contributed by atoms with Gasteiger partial charge in [0.1, 0.15) is 0 Å². The second-order valence-corrected chi connectivity index (χ2v) is 5.80. The molecule has 0 fully saturated rings. The lowest BCUT2D eigenvalue weighted by Gasteiger charge is -2.22. The van der Waals surface area contributed by atoms with Gasteiger partial charge in [0.05, 0.1) is 6.10 Å². The first kappa shape index (κ1) is 15.0. The van der Waals surface area contributed by atoms with Crippen molar-refractivity contribution in [1.82, 2.24) is 0 Å². The standard InChI is InChI=1S/C15H24FNO/c1-11(2)18-14-6-5-12(9-13(14)16)7-8-15(3,4)10-17/h5-6,9,11H,7-8,10,17H2,1-4H3. The molecule has 0 saturated carbocycles. The molecule has 1 rings (SSSR count). The van der Waals surface area contributed by atoms with E-state index >= 15 is 0 Å². The number of halogens is 1. The van der Waals surface area contributed by atoms with E-state index in [0.29, 0.717) is 12.3 Å². The third kappa shape index (κ3) is 4.65. The fourth-order valence-electron chi connectivity index (χ4n) is 1.63. The third-order valence-corrected chi connectivity index (χ3v) is 3.00. The van der Waals surface area contributed by atoms with Crippen molar-refractivity contribution in [2.45, 2.75) is 46.6 Å². The highest BCUT2D eigenvalue weighted by Crippen LogP contribution is 2.24. The van der Waals surface area contributed by atoms with Crippen molar-refractivity contribution < 1.29 is 9.13 Å². The summed E-state index contributed by atoms with van der Waals surface area (Å²) >= 11 is 0. The number of nitrogens with two attached hydrogens (primary N) is 1. The lowest BCUT2D eigenvalue weighted by molar-refractivity contribution is 0.231. The Balaban J connectivity index is 2.67. The Kier molecular flexibility index (Phi) is 5.15. The van der Waals surface area contributed by atoms with Gasteiger partial charge >= 0.3 is 0 Å². The molecule has 2 N–H and O–H groups in total. The molecule has 1 aromatic rings. The maximum atomic E-state index is 13.8. The van der Waals surface area contributed by atoms with Gasteiger partial charge in [-0.25, -0.2) is 4.39 Å². The Morgan fingerprint density at radius 1 is 1.33 bits per heavy atom. The highest BCUT2D eigenvalue weighted by molar-refractivity contribution is 5.29. The molecule has 0 atom stereocenters. The monoisotopic (exact) mass is 253 g/mol. The molecule has 0 aliphatic carbocycles. The number of aryl methyl sites for hydroxylation is 1. The molecule has 0 aliphatic heterocycles. The summed E-state index contributed by atoms with van der Waals surface area (Å²) in [6, 6.07) is 5.19. The van der Waals surface area contributed by atoms with Crippen molar-refractivity contribution in [3.63, 3.8) is 0 Å². The van der Waals surface area contributed by atoms with Crippen LogP contribution in [0.15, 0.2) is 18.2 Å². The molecule has 0 bridgehead atoms. The van der Waals surface area contributed by atoms with Crippen LogP contribution in [0.5, 0.6) is 5.75 Å². The maximum Gasteiger partial charge on any atom is 0.165 e. The number of rotatable bonds is 6. The fraction of sp³-hybridized carbons (Fsp3) is 0.600. The van der Waals surface area contributed by atoms with Crippen molar-refractivity contribution >= 4 is 0 Å². The van der Waals surface area contributed by atoms with Crippen LogP contribution in [0.25, 0.3) is 0 Å². The highest BCUT2D eigenvalue weighted by atomic mass is 19.1. The van der Waals surface area contributed by atoms with Crippen LogP contribution in [0.2, 0.25) is 0 Å². The van der Waals surface area contributed by atoms with Crippen molar-refractivity contribution in [3.05, 3.63) is 29.6 Å². The molecule has 2 nitrogen and oxygen atoms in total. The van der Waals surface area contributed by atoms with Crippen LogP contribution < -0.4 is 10.5 Å². The molecule has 0 saturated heterocycles. The summed E-state index contributed by atoms with van der Waals surface area (Å²) in [6.45, 7) is 8.66. The Bertz CT molecular complexity index is 388. The predicted octanol–water partition coefficient (Wildman–Crippen LogP) is 3.53. The average molecular weight is 253 g/mol. The first-order valence-electron chi connectivity index (χ1n) is 6.49. The smallest absolute Gasteiger partial charge is 0.165 e. The Morgan fingerprint density at radius 2 is 2.00 bits per heavy atom. The summed E-state index contributed by atoms with van der Waals surface area (Å²) in [7, 11) is 0. The van der Waals surface area contributed by atoms with E-state index in [4.69, 9.17) is 10.5 Å². The second-order valence-electron chi connectivity index (χ2n) is 5.80. The first-order valence-corrected chi connectivity index (χ1v) is 6.49. The quantitative estimate of drug-likeness (QED) is 0.841. The average Bonchev–Trinajstić information content (AvgIpc) is 2.29. The van der Waals surface area contributed by atoms with E-state index in [-0.39, 0.29) is 17.3 Å². The van der Waals surface area contributed by atoms with Gasteiger partial charge in [-0.15, -0.1) is 0 Å². The summed E-state index contributed by atoms with van der Waals surface area (Å²) in [5.41, 5.74) is 6.78. The van der Waals surface area contributed by atoms with Gasteiger partial charge in [-0.1, -0.05) is 19.9 Å². The van der Waals surface area contributed by atoms with Gasteiger partial charge in [0, 0.05) is 0 Å². The van der Waals surface area contributed by atoms with Gasteiger partial charge in [-0.2, -0.15) is 0 Å². The van der Waals surface area contributed by atoms with Crippen molar-refractivity contribution in [2.75, 3.05) is 6.54 Å². The van der Waals surface area contributed by atoms with Gasteiger partial charge in [-0.3, -0.25) is 0 Å². The summed E-state index contributed by atoms with van der Waals surface area (Å²) in [4.78, 5) is 0. The molecule has 0 unspecified atom stereocenters. The predicted molar refractivity (Wildman–Crippen MR) is 73.3 cm³/mol. The van der Waals surface area contributed by atoms with Crippen LogP contribution in [-0.4, -0.2) is 12.6 Å². The van der Waals surface area contributed by atoms with E-state index in [0.717, 1.165) is 18.4 Å². The summed E-state index contributed by atoms with van der Waals surface area (Å²) in [5, 5.41) is 0. The van der Waals surface area contributed by atoms with Crippen molar-refractivity contribution in [2.24, 2.45) is 11.1 Å². The zero-order valence-corrected chi connectivity index (χ0v) is 11.8. The van der Waals surface area contributed by atoms with E-state index < -0.39 is 0 Å². The summed E-state index contributed by atoms with van der Waals surface area (Å²) < 4.78 is 19.1. The van der Waals surface area contributed by atoms with Gasteiger partial charge in [0.15, 0.2) is 11.6 Å². The van der Waals surface area contributed by atoms with E-state index in [1.807, 2.05) is 19.9 Å². The molecule has 1 aromatic carbocycles. The van der Waals surface area contributed by atoms with Crippen molar-refractivity contribution in [1.29, 1.82) is 0 Å². The molecule has 0 aliphatic rings. The SMILES string of the molecule is CC(C)Oc1ccc(CCC(C)(C)CN)cc1F. The topological polar surface area (TPSA) is 35.2 Å². The molecule has 102 valence electrons. The van der Waals surface area contributed by atoms with Gasteiger partial charge in [0.2, 0.25) is 0 Å². The molecule has 0 amide bonds. The third-order valence-electron chi connectivity index (χ3n) is 3.00. The van der Waals surface area contributed by atoms with E-state index in [1.54, 1.807) is 12.1 Å². The Hall–Kier alpha value is -1.09. The number of hydrogen-bond donors (Lipinski definition) is 1. The van der Waals surface area contributed by atoms with E-state index in [2.05, 4.69) is 13.8 Å². The van der Waals surface area contributed by atoms with Crippen molar-refractivity contribution in [3.8, 4) is 5.75 Å². The van der Waals surface area contributed by atoms with E-state index in [9.17, 15) is 4.39 Å². The van der Waals surface area contributed by atoms with Crippen LogP contribution in [0.3, 0.4) is 0 Å². The summed E-state index contributed by atoms with van der Waals surface area (Å²) in [5.74, 6) is 0.0404. The molecular weight excluding hydrogens is 229 g/mol. The molecule has 0 spiro atoms. The minimum absolute atomic E-state index is 0.0125. The van der Waals surface area contributed by atoms with Crippen LogP contribution >= 0.6 is 0 Å². The van der Waals surface area contributed by atoms with Gasteiger partial charge in [-0.05, 0) is 56.3 Å². The fourth-order valence-corrected chi connectivity index (χ4v) is 1.63. The van der Waals surface area contributed by atoms with Gasteiger partial charge < -0.3 is 10.5 Å². The number of ether oxygens (including phenoxy) is 1. The lowest BCUT2D eigenvalue weighted by atomic mass is 9.86. The lowest BCUT2D eigenvalue weighted by Crippen LogP contribution is -2.24. The maximum absolute atomic E-state index is 13.8. The molecule has 0 aromatic heterocycles. The first-order chi connectivity index (χ1) is 8.34. The van der Waals surface area contributed by atoms with Crippen LogP contribution in [0.1, 0.15) is 39.7 Å². The molecule has 3 heteroatoms. The Morgan fingerprint density at radius 3 is 2.50 bits per heavy atom. The molecule has 0 heterocycles.